The van der Waals surface area contributed by atoms with Crippen LogP contribution in [-0.2, 0) is 18.9 Å². The lowest BCUT2D eigenvalue weighted by Gasteiger charge is -2.34. The van der Waals surface area contributed by atoms with Crippen LogP contribution < -0.4 is 11.3 Å². The van der Waals surface area contributed by atoms with Gasteiger partial charge in [-0.1, -0.05) is 44.2 Å². The van der Waals surface area contributed by atoms with Gasteiger partial charge < -0.3 is 4.57 Å². The highest BCUT2D eigenvalue weighted by molar-refractivity contribution is 5.26. The van der Waals surface area contributed by atoms with Crippen LogP contribution in [0.4, 0.5) is 0 Å². The summed E-state index contributed by atoms with van der Waals surface area (Å²) in [5.74, 6) is 6.81. The summed E-state index contributed by atoms with van der Waals surface area (Å²) in [5.41, 5.74) is 4.16. The smallest absolute Gasteiger partial charge is 0.110 e. The van der Waals surface area contributed by atoms with Crippen LogP contribution in [-0.4, -0.2) is 15.6 Å². The highest BCUT2D eigenvalue weighted by Gasteiger charge is 2.31. The molecule has 0 amide bonds. The zero-order valence-corrected chi connectivity index (χ0v) is 11.8. The van der Waals surface area contributed by atoms with E-state index in [1.165, 1.54) is 5.56 Å². The second kappa shape index (κ2) is 5.55. The molecular formula is C15H22N4. The highest BCUT2D eigenvalue weighted by Crippen LogP contribution is 2.28. The van der Waals surface area contributed by atoms with Crippen LogP contribution in [0.25, 0.3) is 0 Å². The van der Waals surface area contributed by atoms with Gasteiger partial charge in [-0.15, -0.1) is 0 Å². The quantitative estimate of drug-likeness (QED) is 0.635. The van der Waals surface area contributed by atoms with Crippen molar-refractivity contribution >= 4 is 0 Å². The topological polar surface area (TPSA) is 55.9 Å². The third kappa shape index (κ3) is 2.85. The number of imidazole rings is 1. The van der Waals surface area contributed by atoms with Gasteiger partial charge in [0, 0.05) is 37.3 Å². The SMILES string of the molecule is Cn1ccnc1CC(NN)C(C)(C)c1ccccc1. The summed E-state index contributed by atoms with van der Waals surface area (Å²) in [6.45, 7) is 4.41. The number of hydrogen-bond acceptors (Lipinski definition) is 3. The molecule has 0 aliphatic rings. The van der Waals surface area contributed by atoms with Crippen LogP contribution in [0.3, 0.4) is 0 Å². The zero-order chi connectivity index (χ0) is 13.9. The Labute approximate surface area is 114 Å². The Hall–Kier alpha value is -1.65. The lowest BCUT2D eigenvalue weighted by molar-refractivity contribution is 0.335. The summed E-state index contributed by atoms with van der Waals surface area (Å²) in [5, 5.41) is 0. The van der Waals surface area contributed by atoms with E-state index in [2.05, 4.69) is 48.5 Å². The van der Waals surface area contributed by atoms with E-state index in [1.54, 1.807) is 0 Å². The molecule has 0 spiro atoms. The molecule has 3 N–H and O–H groups in total. The first-order chi connectivity index (χ1) is 9.05. The molecule has 0 aliphatic heterocycles. The molecule has 1 aromatic carbocycles. The number of benzene rings is 1. The first kappa shape index (κ1) is 13.8. The fraction of sp³-hybridized carbons (Fsp3) is 0.400. The summed E-state index contributed by atoms with van der Waals surface area (Å²) in [4.78, 5) is 4.38. The molecule has 4 heteroatoms. The maximum Gasteiger partial charge on any atom is 0.110 e. The Bertz CT molecular complexity index is 516. The number of hydrogen-bond donors (Lipinski definition) is 2. The van der Waals surface area contributed by atoms with Crippen molar-refractivity contribution in [3.63, 3.8) is 0 Å². The van der Waals surface area contributed by atoms with Gasteiger partial charge in [-0.25, -0.2) is 4.98 Å². The highest BCUT2D eigenvalue weighted by atomic mass is 15.2. The average Bonchev–Trinajstić information content (AvgIpc) is 2.82. The zero-order valence-electron chi connectivity index (χ0n) is 11.8. The molecule has 1 heterocycles. The first-order valence-electron chi connectivity index (χ1n) is 6.53. The molecule has 102 valence electrons. The van der Waals surface area contributed by atoms with Gasteiger partial charge in [0.2, 0.25) is 0 Å². The molecule has 1 aromatic heterocycles. The van der Waals surface area contributed by atoms with Crippen LogP contribution in [0.15, 0.2) is 42.7 Å². The van der Waals surface area contributed by atoms with E-state index in [4.69, 9.17) is 5.84 Å². The monoisotopic (exact) mass is 258 g/mol. The van der Waals surface area contributed by atoms with Crippen molar-refractivity contribution in [1.29, 1.82) is 0 Å². The molecule has 4 nitrogen and oxygen atoms in total. The summed E-state index contributed by atoms with van der Waals surface area (Å²) in [7, 11) is 2.01. The lowest BCUT2D eigenvalue weighted by atomic mass is 9.76. The molecule has 19 heavy (non-hydrogen) atoms. The third-order valence-corrected chi connectivity index (χ3v) is 3.90. The van der Waals surface area contributed by atoms with E-state index in [0.29, 0.717) is 0 Å². The molecule has 0 bridgehead atoms. The van der Waals surface area contributed by atoms with Crippen molar-refractivity contribution in [2.75, 3.05) is 0 Å². The van der Waals surface area contributed by atoms with Gasteiger partial charge in [0.15, 0.2) is 0 Å². The largest absolute Gasteiger partial charge is 0.338 e. The number of aryl methyl sites for hydroxylation is 1. The number of nitrogens with two attached hydrogens (primary N) is 1. The average molecular weight is 258 g/mol. The minimum absolute atomic E-state index is 0.0675. The maximum absolute atomic E-state index is 5.78. The van der Waals surface area contributed by atoms with Gasteiger partial charge in [-0.3, -0.25) is 11.3 Å². The Morgan fingerprint density at radius 1 is 1.32 bits per heavy atom. The van der Waals surface area contributed by atoms with Gasteiger partial charge in [-0.05, 0) is 5.56 Å². The third-order valence-electron chi connectivity index (χ3n) is 3.90. The second-order valence-corrected chi connectivity index (χ2v) is 5.47. The Balaban J connectivity index is 2.24. The summed E-state index contributed by atoms with van der Waals surface area (Å²) >= 11 is 0. The predicted octanol–water partition coefficient (Wildman–Crippen LogP) is 1.77. The van der Waals surface area contributed by atoms with Crippen molar-refractivity contribution in [3.05, 3.63) is 54.1 Å². The Kier molecular flexibility index (Phi) is 4.02. The molecule has 0 aliphatic carbocycles. The first-order valence-corrected chi connectivity index (χ1v) is 6.53. The Morgan fingerprint density at radius 3 is 2.53 bits per heavy atom. The number of nitrogens with zero attached hydrogens (tertiary/aromatic N) is 2. The summed E-state index contributed by atoms with van der Waals surface area (Å²) < 4.78 is 2.03. The van der Waals surface area contributed by atoms with Crippen molar-refractivity contribution in [1.82, 2.24) is 15.0 Å². The number of aromatic nitrogens is 2. The number of hydrazine groups is 1. The molecule has 0 saturated carbocycles. The number of rotatable bonds is 5. The van der Waals surface area contributed by atoms with Crippen molar-refractivity contribution in [2.24, 2.45) is 12.9 Å². The second-order valence-electron chi connectivity index (χ2n) is 5.47. The maximum atomic E-state index is 5.78. The molecule has 2 rings (SSSR count). The van der Waals surface area contributed by atoms with Gasteiger partial charge in [0.05, 0.1) is 0 Å². The lowest BCUT2D eigenvalue weighted by Crippen LogP contribution is -2.49. The van der Waals surface area contributed by atoms with Crippen molar-refractivity contribution in [3.8, 4) is 0 Å². The fourth-order valence-electron chi connectivity index (χ4n) is 2.37. The van der Waals surface area contributed by atoms with Gasteiger partial charge >= 0.3 is 0 Å². The van der Waals surface area contributed by atoms with Crippen LogP contribution >= 0.6 is 0 Å². The number of nitrogens with one attached hydrogen (secondary N) is 1. The molecule has 0 saturated heterocycles. The van der Waals surface area contributed by atoms with Crippen molar-refractivity contribution in [2.45, 2.75) is 31.7 Å². The summed E-state index contributed by atoms with van der Waals surface area (Å²) in [6.07, 6.45) is 4.57. The fourth-order valence-corrected chi connectivity index (χ4v) is 2.37. The standard InChI is InChI=1S/C15H22N4/c1-15(2,12-7-5-4-6-8-12)13(18-16)11-14-17-9-10-19(14)3/h4-10,13,18H,11,16H2,1-3H3. The minimum atomic E-state index is -0.0675. The van der Waals surface area contributed by atoms with Crippen LogP contribution in [0.5, 0.6) is 0 Å². The van der Waals surface area contributed by atoms with E-state index in [0.717, 1.165) is 12.2 Å². The molecule has 0 radical (unpaired) electrons. The minimum Gasteiger partial charge on any atom is -0.338 e. The van der Waals surface area contributed by atoms with E-state index >= 15 is 0 Å². The van der Waals surface area contributed by atoms with Gasteiger partial charge in [0.25, 0.3) is 0 Å². The van der Waals surface area contributed by atoms with Crippen molar-refractivity contribution < 1.29 is 0 Å². The molecule has 1 atom stereocenters. The van der Waals surface area contributed by atoms with E-state index in [1.807, 2.05) is 30.1 Å². The van der Waals surface area contributed by atoms with Crippen LogP contribution in [0.2, 0.25) is 0 Å². The van der Waals surface area contributed by atoms with Gasteiger partial charge in [0.1, 0.15) is 5.82 Å². The van der Waals surface area contributed by atoms with Crippen LogP contribution in [0, 0.1) is 0 Å². The normalized spacial score (nSPS) is 13.5. The summed E-state index contributed by atoms with van der Waals surface area (Å²) in [6, 6.07) is 10.6. The van der Waals surface area contributed by atoms with E-state index in [9.17, 15) is 0 Å². The molecular weight excluding hydrogens is 236 g/mol. The van der Waals surface area contributed by atoms with Crippen LogP contribution in [0.1, 0.15) is 25.2 Å². The Morgan fingerprint density at radius 2 is 2.00 bits per heavy atom. The molecule has 2 aromatic rings. The predicted molar refractivity (Wildman–Crippen MR) is 77.5 cm³/mol. The molecule has 1 unspecified atom stereocenters. The van der Waals surface area contributed by atoms with Gasteiger partial charge in [-0.2, -0.15) is 0 Å². The molecule has 0 fully saturated rings. The van der Waals surface area contributed by atoms with E-state index < -0.39 is 0 Å². The van der Waals surface area contributed by atoms with E-state index in [-0.39, 0.29) is 11.5 Å².